The highest BCUT2D eigenvalue weighted by Gasteiger charge is 2.16. The largest absolute Gasteiger partial charge is 0.385 e. The van der Waals surface area contributed by atoms with Gasteiger partial charge in [-0.2, -0.15) is 0 Å². The Morgan fingerprint density at radius 1 is 0.917 bits per heavy atom. The van der Waals surface area contributed by atoms with E-state index in [4.69, 9.17) is 0 Å². The van der Waals surface area contributed by atoms with Crippen LogP contribution in [0.15, 0.2) is 47.4 Å². The van der Waals surface area contributed by atoms with Gasteiger partial charge in [0.15, 0.2) is 0 Å². The van der Waals surface area contributed by atoms with Crippen LogP contribution in [-0.2, 0) is 10.0 Å². The molecule has 0 bridgehead atoms. The fourth-order valence-electron chi connectivity index (χ4n) is 2.57. The van der Waals surface area contributed by atoms with Crippen LogP contribution < -0.4 is 10.0 Å². The molecule has 2 rings (SSSR count). The Bertz CT molecular complexity index is 768. The molecule has 2 N–H and O–H groups in total. The first-order valence-electron chi connectivity index (χ1n) is 8.36. The molecule has 0 aliphatic heterocycles. The van der Waals surface area contributed by atoms with Crippen molar-refractivity contribution in [3.05, 3.63) is 53.6 Å². The lowest BCUT2D eigenvalue weighted by molar-refractivity contribution is 0.600. The van der Waals surface area contributed by atoms with Gasteiger partial charge in [0.1, 0.15) is 0 Å². The molecule has 0 spiro atoms. The summed E-state index contributed by atoms with van der Waals surface area (Å²) in [5, 5.41) is 3.34. The van der Waals surface area contributed by atoms with Crippen LogP contribution in [0.3, 0.4) is 0 Å². The third-order valence-electron chi connectivity index (χ3n) is 3.87. The van der Waals surface area contributed by atoms with E-state index in [-0.39, 0.29) is 0 Å². The van der Waals surface area contributed by atoms with E-state index in [1.807, 2.05) is 38.1 Å². The minimum absolute atomic E-state index is 0.315. The third-order valence-corrected chi connectivity index (χ3v) is 5.41. The fraction of sp³-hybridized carbons (Fsp3) is 0.368. The van der Waals surface area contributed by atoms with E-state index < -0.39 is 10.0 Å². The second kappa shape index (κ2) is 8.20. The summed E-state index contributed by atoms with van der Waals surface area (Å²) in [4.78, 5) is 0.315. The Morgan fingerprint density at radius 3 is 2.21 bits per heavy atom. The van der Waals surface area contributed by atoms with E-state index in [0.29, 0.717) is 10.6 Å². The van der Waals surface area contributed by atoms with E-state index >= 15 is 0 Å². The van der Waals surface area contributed by atoms with Crippen molar-refractivity contribution in [3.63, 3.8) is 0 Å². The summed E-state index contributed by atoms with van der Waals surface area (Å²) < 4.78 is 27.7. The van der Waals surface area contributed by atoms with E-state index in [9.17, 15) is 8.42 Å². The van der Waals surface area contributed by atoms with Crippen molar-refractivity contribution >= 4 is 21.4 Å². The van der Waals surface area contributed by atoms with Gasteiger partial charge in [-0.25, -0.2) is 8.42 Å². The van der Waals surface area contributed by atoms with Gasteiger partial charge >= 0.3 is 0 Å². The van der Waals surface area contributed by atoms with Crippen molar-refractivity contribution in [2.75, 3.05) is 16.6 Å². The quantitative estimate of drug-likeness (QED) is 0.681. The lowest BCUT2D eigenvalue weighted by atomic mass is 10.2. The number of anilines is 2. The van der Waals surface area contributed by atoms with E-state index in [0.717, 1.165) is 29.8 Å². The Balaban J connectivity index is 2.04. The smallest absolute Gasteiger partial charge is 0.262 e. The van der Waals surface area contributed by atoms with Crippen molar-refractivity contribution in [1.82, 2.24) is 0 Å². The summed E-state index contributed by atoms with van der Waals surface area (Å²) in [6, 6.07) is 12.7. The second-order valence-corrected chi connectivity index (χ2v) is 7.74. The molecule has 0 unspecified atom stereocenters. The maximum absolute atomic E-state index is 12.5. The molecule has 5 heteroatoms. The molecule has 0 radical (unpaired) electrons. The third kappa shape index (κ3) is 4.99. The maximum Gasteiger partial charge on any atom is 0.262 e. The lowest BCUT2D eigenvalue weighted by Crippen LogP contribution is -2.14. The summed E-state index contributed by atoms with van der Waals surface area (Å²) >= 11 is 0. The van der Waals surface area contributed by atoms with E-state index in [1.165, 1.54) is 12.8 Å². The fourth-order valence-corrected chi connectivity index (χ4v) is 3.86. The van der Waals surface area contributed by atoms with Crippen LogP contribution >= 0.6 is 0 Å². The average molecular weight is 346 g/mol. The number of nitrogens with one attached hydrogen (secondary N) is 2. The number of aryl methyl sites for hydroxylation is 2. The van der Waals surface area contributed by atoms with Crippen LogP contribution in [0, 0.1) is 13.8 Å². The van der Waals surface area contributed by atoms with Gasteiger partial charge < -0.3 is 5.32 Å². The summed E-state index contributed by atoms with van der Waals surface area (Å²) in [6.07, 6.45) is 3.54. The van der Waals surface area contributed by atoms with Crippen LogP contribution in [0.4, 0.5) is 11.4 Å². The Hall–Kier alpha value is -2.01. The minimum Gasteiger partial charge on any atom is -0.385 e. The van der Waals surface area contributed by atoms with Gasteiger partial charge in [0.2, 0.25) is 0 Å². The standard InChI is InChI=1S/C19H26N2O2S/c1-4-5-6-13-20-17-8-10-18(11-9-17)21-24(22,23)19-12-7-15(2)14-16(19)3/h7-12,14,20-21H,4-6,13H2,1-3H3. The Kier molecular flexibility index (Phi) is 6.26. The van der Waals surface area contributed by atoms with Crippen molar-refractivity contribution in [2.45, 2.75) is 44.9 Å². The van der Waals surface area contributed by atoms with Crippen molar-refractivity contribution in [2.24, 2.45) is 0 Å². The monoisotopic (exact) mass is 346 g/mol. The Morgan fingerprint density at radius 2 is 1.58 bits per heavy atom. The Labute approximate surface area is 145 Å². The molecular formula is C19H26N2O2S. The topological polar surface area (TPSA) is 58.2 Å². The number of unbranched alkanes of at least 4 members (excludes halogenated alkanes) is 2. The van der Waals surface area contributed by atoms with Gasteiger partial charge in [0.25, 0.3) is 10.0 Å². The molecule has 2 aromatic rings. The molecule has 0 aliphatic carbocycles. The average Bonchev–Trinajstić information content (AvgIpc) is 2.52. The van der Waals surface area contributed by atoms with Crippen LogP contribution in [-0.4, -0.2) is 15.0 Å². The zero-order valence-electron chi connectivity index (χ0n) is 14.6. The van der Waals surface area contributed by atoms with Gasteiger partial charge in [-0.05, 0) is 56.2 Å². The molecule has 0 fully saturated rings. The van der Waals surface area contributed by atoms with Crippen molar-refractivity contribution in [3.8, 4) is 0 Å². The van der Waals surface area contributed by atoms with Crippen LogP contribution in [0.1, 0.15) is 37.3 Å². The molecule has 0 amide bonds. The molecule has 24 heavy (non-hydrogen) atoms. The molecule has 4 nitrogen and oxygen atoms in total. The van der Waals surface area contributed by atoms with Crippen molar-refractivity contribution < 1.29 is 8.42 Å². The SMILES string of the molecule is CCCCCNc1ccc(NS(=O)(=O)c2ccc(C)cc2C)cc1. The predicted octanol–water partition coefficient (Wildman–Crippen LogP) is 4.71. The maximum atomic E-state index is 12.5. The van der Waals surface area contributed by atoms with E-state index in [2.05, 4.69) is 17.0 Å². The first kappa shape index (κ1) is 18.3. The van der Waals surface area contributed by atoms with Crippen LogP contribution in [0.2, 0.25) is 0 Å². The molecule has 2 aromatic carbocycles. The predicted molar refractivity (Wildman–Crippen MR) is 101 cm³/mol. The number of hydrogen-bond acceptors (Lipinski definition) is 3. The molecule has 0 atom stereocenters. The minimum atomic E-state index is -3.57. The number of benzene rings is 2. The zero-order valence-corrected chi connectivity index (χ0v) is 15.4. The molecule has 130 valence electrons. The van der Waals surface area contributed by atoms with Crippen LogP contribution in [0.25, 0.3) is 0 Å². The zero-order chi connectivity index (χ0) is 17.6. The highest BCUT2D eigenvalue weighted by atomic mass is 32.2. The summed E-state index contributed by atoms with van der Waals surface area (Å²) in [6.45, 7) is 6.87. The summed E-state index contributed by atoms with van der Waals surface area (Å²) in [5.74, 6) is 0. The molecule has 0 saturated heterocycles. The van der Waals surface area contributed by atoms with Crippen LogP contribution in [0.5, 0.6) is 0 Å². The van der Waals surface area contributed by atoms with Gasteiger partial charge in [-0.1, -0.05) is 37.5 Å². The summed E-state index contributed by atoms with van der Waals surface area (Å²) in [5.41, 5.74) is 3.36. The van der Waals surface area contributed by atoms with Gasteiger partial charge in [-0.3, -0.25) is 4.72 Å². The first-order chi connectivity index (χ1) is 11.4. The highest BCUT2D eigenvalue weighted by Crippen LogP contribution is 2.21. The molecule has 0 aliphatic rings. The number of sulfonamides is 1. The normalized spacial score (nSPS) is 11.3. The summed E-state index contributed by atoms with van der Waals surface area (Å²) in [7, 11) is -3.57. The molecule has 0 heterocycles. The first-order valence-corrected chi connectivity index (χ1v) is 9.84. The molecular weight excluding hydrogens is 320 g/mol. The molecule has 0 saturated carbocycles. The van der Waals surface area contributed by atoms with Gasteiger partial charge in [-0.15, -0.1) is 0 Å². The number of rotatable bonds is 8. The lowest BCUT2D eigenvalue weighted by Gasteiger charge is -2.12. The highest BCUT2D eigenvalue weighted by molar-refractivity contribution is 7.92. The van der Waals surface area contributed by atoms with Gasteiger partial charge in [0, 0.05) is 17.9 Å². The second-order valence-electron chi connectivity index (χ2n) is 6.09. The van der Waals surface area contributed by atoms with E-state index in [1.54, 1.807) is 18.2 Å². The van der Waals surface area contributed by atoms with Crippen molar-refractivity contribution in [1.29, 1.82) is 0 Å². The number of hydrogen-bond donors (Lipinski definition) is 2. The molecule has 0 aromatic heterocycles. The van der Waals surface area contributed by atoms with Gasteiger partial charge in [0.05, 0.1) is 4.90 Å².